The Morgan fingerprint density at radius 1 is 1.00 bits per heavy atom. The first-order valence-electron chi connectivity index (χ1n) is 13.1. The molecule has 2 aromatic carbocycles. The third-order valence-electron chi connectivity index (χ3n) is 7.23. The Labute approximate surface area is 240 Å². The highest BCUT2D eigenvalue weighted by Gasteiger charge is 2.42. The molecule has 1 aliphatic heterocycles. The number of rotatable bonds is 9. The molecule has 4 aromatic rings. The highest BCUT2D eigenvalue weighted by atomic mass is 35.5. The third-order valence-corrected chi connectivity index (χ3v) is 7.84. The number of methoxy groups -OCH3 is 1. The molecule has 0 radical (unpaired) electrons. The molecule has 2 unspecified atom stereocenters. The number of anilines is 1. The summed E-state index contributed by atoms with van der Waals surface area (Å²) in [5.74, 6) is 0.613. The van der Waals surface area contributed by atoms with Crippen molar-refractivity contribution in [3.05, 3.63) is 106 Å². The molecular formula is C31H33ClN4O2S. The number of hydrogen-bond acceptors (Lipinski definition) is 4. The first-order valence-corrected chi connectivity index (χ1v) is 13.9. The van der Waals surface area contributed by atoms with Crippen LogP contribution in [0.25, 0.3) is 5.69 Å². The van der Waals surface area contributed by atoms with E-state index in [-0.39, 0.29) is 12.1 Å². The summed E-state index contributed by atoms with van der Waals surface area (Å²) >= 11 is 12.6. The molecule has 5 rings (SSSR count). The molecule has 1 fully saturated rings. The molecule has 39 heavy (non-hydrogen) atoms. The molecule has 0 spiro atoms. The Balaban J connectivity index is 1.59. The average Bonchev–Trinajstić information content (AvgIpc) is 3.45. The van der Waals surface area contributed by atoms with Gasteiger partial charge in [-0.25, -0.2) is 0 Å². The zero-order chi connectivity index (χ0) is 27.5. The van der Waals surface area contributed by atoms with Gasteiger partial charge in [-0.1, -0.05) is 36.7 Å². The maximum Gasteiger partial charge on any atom is 0.174 e. The van der Waals surface area contributed by atoms with Gasteiger partial charge in [-0.15, -0.1) is 0 Å². The van der Waals surface area contributed by atoms with Crippen molar-refractivity contribution in [2.45, 2.75) is 39.3 Å². The van der Waals surface area contributed by atoms with Crippen molar-refractivity contribution in [2.75, 3.05) is 25.2 Å². The maximum absolute atomic E-state index is 6.67. The van der Waals surface area contributed by atoms with Crippen LogP contribution in [0.1, 0.15) is 47.2 Å². The second-order valence-electron chi connectivity index (χ2n) is 9.63. The second kappa shape index (κ2) is 11.8. The maximum atomic E-state index is 6.67. The van der Waals surface area contributed by atoms with Gasteiger partial charge in [0.1, 0.15) is 12.4 Å². The van der Waals surface area contributed by atoms with E-state index in [9.17, 15) is 0 Å². The van der Waals surface area contributed by atoms with Crippen molar-refractivity contribution < 1.29 is 9.47 Å². The van der Waals surface area contributed by atoms with Crippen molar-refractivity contribution in [2.24, 2.45) is 0 Å². The summed E-state index contributed by atoms with van der Waals surface area (Å²) in [5, 5.41) is 4.69. The standard InChI is InChI=1S/C31H33ClN4O2S/c1-5-22-9-11-23(12-10-22)35-20(2)18-25(21(35)3)30-29(27-8-6-7-15-33-27)34-31(39)36(30)24-13-14-28(26(32)19-24)38-17-16-37-4/h6-15,18-19,29-30H,5,16-17H2,1-4H3,(H,34,39). The van der Waals surface area contributed by atoms with Crippen molar-refractivity contribution in [1.82, 2.24) is 14.9 Å². The average molecular weight is 561 g/mol. The molecular weight excluding hydrogens is 528 g/mol. The van der Waals surface area contributed by atoms with Crippen LogP contribution in [-0.4, -0.2) is 35.0 Å². The van der Waals surface area contributed by atoms with Gasteiger partial charge in [0, 0.05) is 36.1 Å². The number of thiocarbonyl (C=S) groups is 1. The number of nitrogens with zero attached hydrogens (tertiary/aromatic N) is 3. The quantitative estimate of drug-likeness (QED) is 0.177. The Kier molecular flexibility index (Phi) is 8.21. The lowest BCUT2D eigenvalue weighted by molar-refractivity contribution is 0.146. The SMILES string of the molecule is CCc1ccc(-n2c(C)cc(C3C(c4ccccn4)NC(=S)N3c3ccc(OCCOC)c(Cl)c3)c2C)cc1. The van der Waals surface area contributed by atoms with Crippen molar-refractivity contribution in [3.8, 4) is 11.4 Å². The van der Waals surface area contributed by atoms with Gasteiger partial charge in [0.05, 0.1) is 29.4 Å². The molecule has 0 aliphatic carbocycles. The number of aryl methyl sites for hydroxylation is 2. The summed E-state index contributed by atoms with van der Waals surface area (Å²) in [4.78, 5) is 6.84. The number of ether oxygens (including phenoxy) is 2. The van der Waals surface area contributed by atoms with E-state index in [4.69, 9.17) is 38.3 Å². The van der Waals surface area contributed by atoms with E-state index in [1.165, 1.54) is 11.1 Å². The van der Waals surface area contributed by atoms with Crippen LogP contribution in [0, 0.1) is 13.8 Å². The Bertz CT molecular complexity index is 1460. The van der Waals surface area contributed by atoms with Crippen LogP contribution in [0.15, 0.2) is 72.9 Å². The fourth-order valence-corrected chi connectivity index (χ4v) is 5.88. The fourth-order valence-electron chi connectivity index (χ4n) is 5.31. The Morgan fingerprint density at radius 2 is 1.77 bits per heavy atom. The predicted molar refractivity (Wildman–Crippen MR) is 161 cm³/mol. The second-order valence-corrected chi connectivity index (χ2v) is 10.4. The van der Waals surface area contributed by atoms with E-state index in [0.29, 0.717) is 29.1 Å². The summed E-state index contributed by atoms with van der Waals surface area (Å²) < 4.78 is 13.2. The highest BCUT2D eigenvalue weighted by molar-refractivity contribution is 7.80. The molecule has 1 aliphatic rings. The number of hydrogen-bond donors (Lipinski definition) is 1. The van der Waals surface area contributed by atoms with Crippen molar-refractivity contribution >= 4 is 34.6 Å². The van der Waals surface area contributed by atoms with Crippen LogP contribution < -0.4 is 15.0 Å². The Hall–Kier alpha value is -3.39. The van der Waals surface area contributed by atoms with Gasteiger partial charge in [0.2, 0.25) is 0 Å². The molecule has 1 saturated heterocycles. The van der Waals surface area contributed by atoms with Gasteiger partial charge in [-0.3, -0.25) is 4.98 Å². The first kappa shape index (κ1) is 27.2. The number of benzene rings is 2. The normalized spacial score (nSPS) is 16.9. The number of aromatic nitrogens is 2. The zero-order valence-electron chi connectivity index (χ0n) is 22.6. The summed E-state index contributed by atoms with van der Waals surface area (Å²) in [5.41, 5.74) is 7.76. The van der Waals surface area contributed by atoms with Crippen LogP contribution in [0.4, 0.5) is 5.69 Å². The molecule has 202 valence electrons. The van der Waals surface area contributed by atoms with Crippen LogP contribution in [0.5, 0.6) is 5.75 Å². The van der Waals surface area contributed by atoms with Crippen molar-refractivity contribution in [3.63, 3.8) is 0 Å². The summed E-state index contributed by atoms with van der Waals surface area (Å²) in [6.45, 7) is 7.41. The Morgan fingerprint density at radius 3 is 2.44 bits per heavy atom. The number of pyridine rings is 1. The number of nitrogens with one attached hydrogen (secondary N) is 1. The molecule has 3 heterocycles. The number of halogens is 1. The molecule has 2 aromatic heterocycles. The van der Waals surface area contributed by atoms with E-state index in [2.05, 4.69) is 65.9 Å². The van der Waals surface area contributed by atoms with Gasteiger partial charge in [-0.2, -0.15) is 0 Å². The fraction of sp³-hybridized carbons (Fsp3) is 0.290. The van der Waals surface area contributed by atoms with E-state index >= 15 is 0 Å². The largest absolute Gasteiger partial charge is 0.490 e. The minimum atomic E-state index is -0.147. The monoisotopic (exact) mass is 560 g/mol. The first-order chi connectivity index (χ1) is 18.9. The minimum Gasteiger partial charge on any atom is -0.490 e. The minimum absolute atomic E-state index is 0.140. The van der Waals surface area contributed by atoms with Gasteiger partial charge in [0.15, 0.2) is 5.11 Å². The van der Waals surface area contributed by atoms with E-state index in [1.54, 1.807) is 7.11 Å². The molecule has 6 nitrogen and oxygen atoms in total. The lowest BCUT2D eigenvalue weighted by Crippen LogP contribution is -2.29. The van der Waals surface area contributed by atoms with Crippen molar-refractivity contribution in [1.29, 1.82) is 0 Å². The zero-order valence-corrected chi connectivity index (χ0v) is 24.2. The molecule has 2 atom stereocenters. The lowest BCUT2D eigenvalue weighted by atomic mass is 9.96. The summed E-state index contributed by atoms with van der Waals surface area (Å²) in [7, 11) is 1.64. The molecule has 8 heteroatoms. The van der Waals surface area contributed by atoms with E-state index in [1.807, 2.05) is 42.6 Å². The topological polar surface area (TPSA) is 51.6 Å². The van der Waals surface area contributed by atoms with Crippen LogP contribution in [0.2, 0.25) is 5.02 Å². The van der Waals surface area contributed by atoms with Crippen LogP contribution in [-0.2, 0) is 11.2 Å². The highest BCUT2D eigenvalue weighted by Crippen LogP contribution is 2.45. The van der Waals surface area contributed by atoms with E-state index in [0.717, 1.165) is 34.9 Å². The predicted octanol–water partition coefficient (Wildman–Crippen LogP) is 6.91. The summed E-state index contributed by atoms with van der Waals surface area (Å²) in [6, 6.07) is 22.5. The molecule has 1 N–H and O–H groups in total. The smallest absolute Gasteiger partial charge is 0.174 e. The van der Waals surface area contributed by atoms with Gasteiger partial charge < -0.3 is 24.3 Å². The molecule has 0 saturated carbocycles. The molecule has 0 bridgehead atoms. The van der Waals surface area contributed by atoms with E-state index < -0.39 is 0 Å². The van der Waals surface area contributed by atoms with Crippen LogP contribution in [0.3, 0.4) is 0 Å². The third kappa shape index (κ3) is 5.39. The lowest BCUT2D eigenvalue weighted by Gasteiger charge is -2.28. The summed E-state index contributed by atoms with van der Waals surface area (Å²) in [6.07, 6.45) is 2.83. The van der Waals surface area contributed by atoms with Gasteiger partial charge in [-0.05, 0) is 92.1 Å². The van der Waals surface area contributed by atoms with Gasteiger partial charge >= 0.3 is 0 Å². The molecule has 0 amide bonds. The van der Waals surface area contributed by atoms with Crippen LogP contribution >= 0.6 is 23.8 Å². The van der Waals surface area contributed by atoms with Gasteiger partial charge in [0.25, 0.3) is 0 Å².